The van der Waals surface area contributed by atoms with Crippen molar-refractivity contribution in [3.63, 3.8) is 0 Å². The molecule has 0 bridgehead atoms. The zero-order chi connectivity index (χ0) is 24.0. The minimum absolute atomic E-state index is 0.00883. The number of carbonyl (C=O) groups is 1. The average molecular weight is 475 g/mol. The number of halogens is 4. The normalized spacial score (nSPS) is 18.8. The number of hydrogen-bond donors (Lipinski definition) is 0. The molecule has 0 radical (unpaired) electrons. The molecule has 9 heteroatoms. The fourth-order valence-electron chi connectivity index (χ4n) is 5.05. The van der Waals surface area contributed by atoms with E-state index in [1.165, 1.54) is 24.3 Å². The van der Waals surface area contributed by atoms with Crippen LogP contribution >= 0.6 is 0 Å². The Labute approximate surface area is 195 Å². The first kappa shape index (κ1) is 22.7. The molecule has 5 nitrogen and oxygen atoms in total. The van der Waals surface area contributed by atoms with Gasteiger partial charge in [0, 0.05) is 56.4 Å². The lowest BCUT2D eigenvalue weighted by atomic mass is 10.1. The van der Waals surface area contributed by atoms with Gasteiger partial charge in [-0.15, -0.1) is 0 Å². The van der Waals surface area contributed by atoms with Gasteiger partial charge in [0.2, 0.25) is 5.91 Å². The third kappa shape index (κ3) is 4.13. The Morgan fingerprint density at radius 1 is 0.941 bits per heavy atom. The second-order valence-electron chi connectivity index (χ2n) is 8.94. The monoisotopic (exact) mass is 474 g/mol. The van der Waals surface area contributed by atoms with Crippen molar-refractivity contribution in [3.05, 3.63) is 60.0 Å². The highest BCUT2D eigenvalue weighted by Gasteiger charge is 2.33. The first-order chi connectivity index (χ1) is 16.2. The topological polar surface area (TPSA) is 31.7 Å². The SMILES string of the molecule is CC(N1CCN(c2cn(-c3ccc(F)cc3)c3ccc(C(F)(F)F)cc23)CC1)N1CCCC1=O. The maximum absolute atomic E-state index is 13.5. The van der Waals surface area contributed by atoms with Crippen LogP contribution in [0.15, 0.2) is 48.7 Å². The Balaban J connectivity index is 1.46. The molecule has 0 saturated carbocycles. The van der Waals surface area contributed by atoms with Crippen molar-refractivity contribution >= 4 is 22.5 Å². The number of anilines is 1. The van der Waals surface area contributed by atoms with Gasteiger partial charge in [0.05, 0.1) is 22.9 Å². The summed E-state index contributed by atoms with van der Waals surface area (Å²) in [5.41, 5.74) is 1.33. The van der Waals surface area contributed by atoms with Crippen LogP contribution in [-0.4, -0.2) is 59.2 Å². The minimum atomic E-state index is -4.44. The van der Waals surface area contributed by atoms with Crippen molar-refractivity contribution in [2.75, 3.05) is 37.6 Å². The smallest absolute Gasteiger partial charge is 0.367 e. The highest BCUT2D eigenvalue weighted by atomic mass is 19.4. The van der Waals surface area contributed by atoms with E-state index in [9.17, 15) is 22.4 Å². The lowest BCUT2D eigenvalue weighted by Gasteiger charge is -2.41. The van der Waals surface area contributed by atoms with Crippen molar-refractivity contribution in [1.29, 1.82) is 0 Å². The zero-order valence-electron chi connectivity index (χ0n) is 18.9. The van der Waals surface area contributed by atoms with Gasteiger partial charge in [0.15, 0.2) is 0 Å². The van der Waals surface area contributed by atoms with Gasteiger partial charge >= 0.3 is 6.18 Å². The number of rotatable bonds is 4. The fraction of sp³-hybridized carbons (Fsp3) is 0.400. The highest BCUT2D eigenvalue weighted by molar-refractivity contribution is 5.95. The molecule has 34 heavy (non-hydrogen) atoms. The second kappa shape index (κ2) is 8.61. The minimum Gasteiger partial charge on any atom is -0.367 e. The molecule has 2 aliphatic heterocycles. The summed E-state index contributed by atoms with van der Waals surface area (Å²) >= 11 is 0. The van der Waals surface area contributed by atoms with Crippen LogP contribution in [0.25, 0.3) is 16.6 Å². The lowest BCUT2D eigenvalue weighted by Crippen LogP contribution is -2.55. The Morgan fingerprint density at radius 3 is 2.26 bits per heavy atom. The number of hydrogen-bond acceptors (Lipinski definition) is 3. The summed E-state index contributed by atoms with van der Waals surface area (Å²) in [6.45, 7) is 5.47. The van der Waals surface area contributed by atoms with Gasteiger partial charge in [-0.05, 0) is 55.8 Å². The van der Waals surface area contributed by atoms with E-state index in [2.05, 4.69) is 9.80 Å². The quantitative estimate of drug-likeness (QED) is 0.506. The molecule has 180 valence electrons. The summed E-state index contributed by atoms with van der Waals surface area (Å²) in [4.78, 5) is 18.4. The number of aromatic nitrogens is 1. The molecule has 3 heterocycles. The van der Waals surface area contributed by atoms with Crippen molar-refractivity contribution < 1.29 is 22.4 Å². The van der Waals surface area contributed by atoms with E-state index in [1.807, 2.05) is 22.6 Å². The molecular formula is C25H26F4N4O. The fourth-order valence-corrected chi connectivity index (χ4v) is 5.05. The van der Waals surface area contributed by atoms with E-state index in [4.69, 9.17) is 0 Å². The predicted octanol–water partition coefficient (Wildman–Crippen LogP) is 4.88. The van der Waals surface area contributed by atoms with Gasteiger partial charge in [-0.25, -0.2) is 4.39 Å². The zero-order valence-corrected chi connectivity index (χ0v) is 18.9. The predicted molar refractivity (Wildman–Crippen MR) is 122 cm³/mol. The van der Waals surface area contributed by atoms with Crippen molar-refractivity contribution in [3.8, 4) is 5.69 Å². The van der Waals surface area contributed by atoms with E-state index < -0.39 is 11.7 Å². The summed E-state index contributed by atoms with van der Waals surface area (Å²) in [5, 5.41) is 0.510. The molecule has 1 unspecified atom stereocenters. The number of fused-ring (bicyclic) bond motifs is 1. The van der Waals surface area contributed by atoms with Gasteiger partial charge in [-0.2, -0.15) is 13.2 Å². The second-order valence-corrected chi connectivity index (χ2v) is 8.94. The Hall–Kier alpha value is -3.07. The van der Waals surface area contributed by atoms with Crippen LogP contribution in [0.3, 0.4) is 0 Å². The van der Waals surface area contributed by atoms with E-state index in [0.717, 1.165) is 24.7 Å². The van der Waals surface area contributed by atoms with Crippen molar-refractivity contribution in [2.45, 2.75) is 32.1 Å². The molecule has 2 aliphatic rings. The molecular weight excluding hydrogens is 448 g/mol. The van der Waals surface area contributed by atoms with Crippen LogP contribution in [0, 0.1) is 5.82 Å². The van der Waals surface area contributed by atoms with Crippen LogP contribution in [0.4, 0.5) is 23.2 Å². The summed E-state index contributed by atoms with van der Waals surface area (Å²) in [6.07, 6.45) is -1.13. The third-order valence-corrected chi connectivity index (χ3v) is 6.96. The van der Waals surface area contributed by atoms with Crippen LogP contribution in [0.1, 0.15) is 25.3 Å². The maximum Gasteiger partial charge on any atom is 0.416 e. The molecule has 0 aliphatic carbocycles. The Morgan fingerprint density at radius 2 is 1.65 bits per heavy atom. The van der Waals surface area contributed by atoms with Gasteiger partial charge in [-0.3, -0.25) is 9.69 Å². The largest absolute Gasteiger partial charge is 0.416 e. The number of benzene rings is 2. The number of alkyl halides is 3. The number of likely N-dealkylation sites (tertiary alicyclic amines) is 1. The van der Waals surface area contributed by atoms with E-state index in [-0.39, 0.29) is 17.9 Å². The molecule has 2 saturated heterocycles. The lowest BCUT2D eigenvalue weighted by molar-refractivity contribution is -0.137. The summed E-state index contributed by atoms with van der Waals surface area (Å²) in [7, 11) is 0. The number of carbonyl (C=O) groups excluding carboxylic acids is 1. The molecule has 0 spiro atoms. The Bertz CT molecular complexity index is 1200. The van der Waals surface area contributed by atoms with Crippen LogP contribution in [0.5, 0.6) is 0 Å². The molecule has 2 fully saturated rings. The molecule has 3 aromatic rings. The standard InChI is InChI=1S/C25H26F4N4O/c1-17(32-10-2-3-24(32)34)30-11-13-31(14-12-30)23-16-33(20-7-5-19(26)6-8-20)22-9-4-18(15-21(22)23)25(27,28)29/h4-9,15-17H,2-3,10-14H2,1H3. The van der Waals surface area contributed by atoms with Gasteiger partial charge in [0.1, 0.15) is 5.82 Å². The summed E-state index contributed by atoms with van der Waals surface area (Å²) < 4.78 is 55.7. The van der Waals surface area contributed by atoms with E-state index >= 15 is 0 Å². The molecule has 1 amide bonds. The average Bonchev–Trinajstić information content (AvgIpc) is 3.42. The number of amides is 1. The van der Waals surface area contributed by atoms with Crippen LogP contribution in [0.2, 0.25) is 0 Å². The first-order valence-electron chi connectivity index (χ1n) is 11.5. The van der Waals surface area contributed by atoms with Gasteiger partial charge < -0.3 is 14.4 Å². The third-order valence-electron chi connectivity index (χ3n) is 6.96. The molecule has 1 aromatic heterocycles. The van der Waals surface area contributed by atoms with Crippen LogP contribution < -0.4 is 4.90 Å². The number of piperazine rings is 1. The van der Waals surface area contributed by atoms with Crippen molar-refractivity contribution in [2.24, 2.45) is 0 Å². The van der Waals surface area contributed by atoms with Gasteiger partial charge in [0.25, 0.3) is 0 Å². The molecule has 5 rings (SSSR count). The maximum atomic E-state index is 13.5. The van der Waals surface area contributed by atoms with Crippen LogP contribution in [-0.2, 0) is 11.0 Å². The molecule has 2 aromatic carbocycles. The van der Waals surface area contributed by atoms with Crippen molar-refractivity contribution in [1.82, 2.24) is 14.4 Å². The number of nitrogens with zero attached hydrogens (tertiary/aromatic N) is 4. The first-order valence-corrected chi connectivity index (χ1v) is 11.5. The molecule has 1 atom stereocenters. The summed E-state index contributed by atoms with van der Waals surface area (Å²) in [6, 6.07) is 9.66. The Kier molecular flexibility index (Phi) is 5.75. The van der Waals surface area contributed by atoms with E-state index in [0.29, 0.717) is 49.2 Å². The molecule has 0 N–H and O–H groups in total. The summed E-state index contributed by atoms with van der Waals surface area (Å²) in [5.74, 6) is -0.196. The van der Waals surface area contributed by atoms with E-state index in [1.54, 1.807) is 12.1 Å². The van der Waals surface area contributed by atoms with Gasteiger partial charge in [-0.1, -0.05) is 0 Å². The highest BCUT2D eigenvalue weighted by Crippen LogP contribution is 2.37.